The Morgan fingerprint density at radius 1 is 1.37 bits per heavy atom. The van der Waals surface area contributed by atoms with Crippen LogP contribution in [-0.4, -0.2) is 31.3 Å². The maximum atomic E-state index is 12.6. The van der Waals surface area contributed by atoms with Crippen LogP contribution in [0.1, 0.15) is 25.3 Å². The van der Waals surface area contributed by atoms with Gasteiger partial charge in [0, 0.05) is 11.7 Å². The topological polar surface area (TPSA) is 88.4 Å². The van der Waals surface area contributed by atoms with Crippen LogP contribution in [0, 0.1) is 17.2 Å². The van der Waals surface area contributed by atoms with Crippen LogP contribution in [0.2, 0.25) is 0 Å². The van der Waals surface area contributed by atoms with Crippen molar-refractivity contribution in [1.29, 1.82) is 5.26 Å². The normalized spacial score (nSPS) is 19.1. The van der Waals surface area contributed by atoms with E-state index in [0.717, 1.165) is 5.57 Å². The molecular formula is C20H22N2O4S. The number of methoxy groups -OCH3 is 1. The molecule has 7 heteroatoms. The zero-order chi connectivity index (χ0) is 20.0. The van der Waals surface area contributed by atoms with Crippen molar-refractivity contribution in [3.05, 3.63) is 52.6 Å². The highest BCUT2D eigenvalue weighted by molar-refractivity contribution is 8.03. The van der Waals surface area contributed by atoms with Gasteiger partial charge in [0.15, 0.2) is 0 Å². The van der Waals surface area contributed by atoms with Gasteiger partial charge in [-0.1, -0.05) is 24.3 Å². The van der Waals surface area contributed by atoms with Crippen LogP contribution in [0.25, 0.3) is 0 Å². The molecule has 0 fully saturated rings. The second-order valence-corrected chi connectivity index (χ2v) is 7.06. The molecule has 0 saturated carbocycles. The standard InChI is InChI=1S/C20H22N2O4S/c1-5-26-14-8-6-13(7-9-14)16-15(10-21)19(27-11-12(2)3)22-18(23)17(16)20(24)25-4/h6-9,16-17H,2,5,11H2,1,3-4H3,(H,22,23)/t16-,17+/m0/s1. The molecule has 27 heavy (non-hydrogen) atoms. The number of ether oxygens (including phenoxy) is 2. The lowest BCUT2D eigenvalue weighted by Crippen LogP contribution is -2.44. The van der Waals surface area contributed by atoms with Crippen molar-refractivity contribution in [2.75, 3.05) is 19.5 Å². The number of esters is 1. The molecule has 6 nitrogen and oxygen atoms in total. The van der Waals surface area contributed by atoms with Crippen molar-refractivity contribution in [2.24, 2.45) is 5.92 Å². The predicted molar refractivity (Wildman–Crippen MR) is 104 cm³/mol. The molecule has 1 aromatic carbocycles. The Bertz CT molecular complexity index is 808. The minimum atomic E-state index is -1.13. The number of hydrogen-bond acceptors (Lipinski definition) is 6. The van der Waals surface area contributed by atoms with Crippen LogP contribution in [0.15, 0.2) is 47.0 Å². The second kappa shape index (κ2) is 9.28. The lowest BCUT2D eigenvalue weighted by molar-refractivity contribution is -0.150. The van der Waals surface area contributed by atoms with Gasteiger partial charge in [-0.2, -0.15) is 5.26 Å². The molecule has 1 aliphatic rings. The van der Waals surface area contributed by atoms with Crippen LogP contribution in [-0.2, 0) is 14.3 Å². The van der Waals surface area contributed by atoms with Gasteiger partial charge in [-0.05, 0) is 31.5 Å². The Morgan fingerprint density at radius 3 is 2.56 bits per heavy atom. The Labute approximate surface area is 163 Å². The zero-order valence-corrected chi connectivity index (χ0v) is 16.4. The molecule has 1 N–H and O–H groups in total. The third-order valence-electron chi connectivity index (χ3n) is 4.00. The van der Waals surface area contributed by atoms with Crippen molar-refractivity contribution in [3.8, 4) is 11.8 Å². The SMILES string of the molecule is C=C(C)CSC1=C(C#N)[C@H](c2ccc(OCC)cc2)[C@@H](C(=O)OC)C(=O)N1. The van der Waals surface area contributed by atoms with Crippen LogP contribution in [0.5, 0.6) is 5.75 Å². The van der Waals surface area contributed by atoms with Gasteiger partial charge in [-0.3, -0.25) is 9.59 Å². The van der Waals surface area contributed by atoms with E-state index in [1.807, 2.05) is 13.8 Å². The molecule has 0 unspecified atom stereocenters. The molecule has 0 spiro atoms. The van der Waals surface area contributed by atoms with Gasteiger partial charge < -0.3 is 14.8 Å². The number of hydrogen-bond donors (Lipinski definition) is 1. The number of thioether (sulfide) groups is 1. The monoisotopic (exact) mass is 386 g/mol. The number of rotatable bonds is 7. The first-order valence-electron chi connectivity index (χ1n) is 8.45. The first-order valence-corrected chi connectivity index (χ1v) is 9.44. The number of nitrogens with one attached hydrogen (secondary N) is 1. The third kappa shape index (κ3) is 4.72. The van der Waals surface area contributed by atoms with E-state index in [1.165, 1.54) is 18.9 Å². The Kier molecular flexibility index (Phi) is 7.08. The molecule has 1 aliphatic heterocycles. The molecule has 0 radical (unpaired) electrons. The van der Waals surface area contributed by atoms with E-state index >= 15 is 0 Å². The Hall–Kier alpha value is -2.72. The van der Waals surface area contributed by atoms with Gasteiger partial charge in [0.1, 0.15) is 11.7 Å². The van der Waals surface area contributed by atoms with Gasteiger partial charge in [-0.15, -0.1) is 11.8 Å². The lowest BCUT2D eigenvalue weighted by atomic mass is 9.78. The van der Waals surface area contributed by atoms with E-state index in [4.69, 9.17) is 9.47 Å². The number of nitrogens with zero attached hydrogens (tertiary/aromatic N) is 1. The molecular weight excluding hydrogens is 364 g/mol. The summed E-state index contributed by atoms with van der Waals surface area (Å²) in [5, 5.41) is 12.9. The zero-order valence-electron chi connectivity index (χ0n) is 15.6. The van der Waals surface area contributed by atoms with Crippen LogP contribution < -0.4 is 10.1 Å². The fourth-order valence-electron chi connectivity index (χ4n) is 2.81. The van der Waals surface area contributed by atoms with Crippen LogP contribution >= 0.6 is 11.8 Å². The van der Waals surface area contributed by atoms with Crippen molar-refractivity contribution in [1.82, 2.24) is 5.32 Å². The van der Waals surface area contributed by atoms with Gasteiger partial charge in [0.05, 0.1) is 30.4 Å². The fraction of sp³-hybridized carbons (Fsp3) is 0.350. The molecule has 2 rings (SSSR count). The summed E-state index contributed by atoms with van der Waals surface area (Å²) in [6.45, 7) is 8.12. The minimum absolute atomic E-state index is 0.334. The highest BCUT2D eigenvalue weighted by atomic mass is 32.2. The first-order chi connectivity index (χ1) is 12.9. The number of carbonyl (C=O) groups excluding carboxylic acids is 2. The van der Waals surface area contributed by atoms with Crippen molar-refractivity contribution in [3.63, 3.8) is 0 Å². The Morgan fingerprint density at radius 2 is 2.04 bits per heavy atom. The third-order valence-corrected chi connectivity index (χ3v) is 5.24. The van der Waals surface area contributed by atoms with E-state index in [1.54, 1.807) is 24.3 Å². The predicted octanol–water partition coefficient (Wildman–Crippen LogP) is 3.13. The number of nitriles is 1. The van der Waals surface area contributed by atoms with E-state index in [0.29, 0.717) is 34.3 Å². The molecule has 1 amide bonds. The molecule has 0 bridgehead atoms. The second-order valence-electron chi connectivity index (χ2n) is 6.07. The quantitative estimate of drug-likeness (QED) is 0.440. The van der Waals surface area contributed by atoms with Crippen molar-refractivity contribution in [2.45, 2.75) is 19.8 Å². The number of carbonyl (C=O) groups is 2. The summed E-state index contributed by atoms with van der Waals surface area (Å²) in [7, 11) is 1.23. The molecule has 142 valence electrons. The highest BCUT2D eigenvalue weighted by Crippen LogP contribution is 2.40. The van der Waals surface area contributed by atoms with Gasteiger partial charge in [0.2, 0.25) is 5.91 Å². The molecule has 1 heterocycles. The maximum absolute atomic E-state index is 12.6. The van der Waals surface area contributed by atoms with Crippen molar-refractivity contribution >= 4 is 23.6 Å². The first kappa shape index (κ1) is 20.6. The number of benzene rings is 1. The molecule has 0 aromatic heterocycles. The highest BCUT2D eigenvalue weighted by Gasteiger charge is 2.44. The molecule has 2 atom stereocenters. The van der Waals surface area contributed by atoms with E-state index < -0.39 is 23.7 Å². The average molecular weight is 386 g/mol. The summed E-state index contributed by atoms with van der Waals surface area (Å²) in [5.74, 6) is -1.78. The van der Waals surface area contributed by atoms with Crippen LogP contribution in [0.3, 0.4) is 0 Å². The summed E-state index contributed by atoms with van der Waals surface area (Å²) in [5.41, 5.74) is 1.92. The average Bonchev–Trinajstić information content (AvgIpc) is 2.66. The fourth-order valence-corrected chi connectivity index (χ4v) is 3.70. The Balaban J connectivity index is 2.53. The summed E-state index contributed by atoms with van der Waals surface area (Å²) < 4.78 is 10.3. The van der Waals surface area contributed by atoms with Gasteiger partial charge in [-0.25, -0.2) is 0 Å². The maximum Gasteiger partial charge on any atom is 0.319 e. The van der Waals surface area contributed by atoms with E-state index in [-0.39, 0.29) is 0 Å². The summed E-state index contributed by atoms with van der Waals surface area (Å²) >= 11 is 1.32. The number of amides is 1. The van der Waals surface area contributed by atoms with E-state index in [9.17, 15) is 14.9 Å². The van der Waals surface area contributed by atoms with Crippen LogP contribution in [0.4, 0.5) is 0 Å². The minimum Gasteiger partial charge on any atom is -0.494 e. The van der Waals surface area contributed by atoms with E-state index in [2.05, 4.69) is 18.0 Å². The molecule has 0 aliphatic carbocycles. The smallest absolute Gasteiger partial charge is 0.319 e. The summed E-state index contributed by atoms with van der Waals surface area (Å²) in [6.07, 6.45) is 0. The number of allylic oxidation sites excluding steroid dienone is 1. The lowest BCUT2D eigenvalue weighted by Gasteiger charge is -2.31. The molecule has 0 saturated heterocycles. The van der Waals surface area contributed by atoms with Gasteiger partial charge >= 0.3 is 5.97 Å². The summed E-state index contributed by atoms with van der Waals surface area (Å²) in [4.78, 5) is 25.0. The molecule has 1 aromatic rings. The largest absolute Gasteiger partial charge is 0.494 e. The van der Waals surface area contributed by atoms with Gasteiger partial charge in [0.25, 0.3) is 0 Å². The van der Waals surface area contributed by atoms with Crippen molar-refractivity contribution < 1.29 is 19.1 Å². The summed E-state index contributed by atoms with van der Waals surface area (Å²) in [6, 6.07) is 9.22.